The van der Waals surface area contributed by atoms with Crippen molar-refractivity contribution >= 4 is 17.6 Å². The molecule has 0 fully saturated rings. The van der Waals surface area contributed by atoms with Gasteiger partial charge in [-0.25, -0.2) is 4.99 Å². The number of rotatable bonds is 8. The Labute approximate surface area is 161 Å². The van der Waals surface area contributed by atoms with Crippen molar-refractivity contribution in [2.24, 2.45) is 4.99 Å². The Kier molecular flexibility index (Phi) is 8.16. The first-order chi connectivity index (χ1) is 13.1. The van der Waals surface area contributed by atoms with Crippen LogP contribution in [0, 0.1) is 0 Å². The molecular formula is C21H28N4O2. The van der Waals surface area contributed by atoms with Crippen LogP contribution in [0.25, 0.3) is 0 Å². The van der Waals surface area contributed by atoms with Gasteiger partial charge in [0.2, 0.25) is 5.91 Å². The van der Waals surface area contributed by atoms with Gasteiger partial charge in [0.25, 0.3) is 0 Å². The van der Waals surface area contributed by atoms with E-state index < -0.39 is 0 Å². The molecule has 1 amide bonds. The van der Waals surface area contributed by atoms with E-state index in [0.717, 1.165) is 42.5 Å². The third-order valence-corrected chi connectivity index (χ3v) is 3.88. The van der Waals surface area contributed by atoms with Crippen LogP contribution >= 0.6 is 0 Å². The second kappa shape index (κ2) is 10.9. The van der Waals surface area contributed by atoms with Crippen LogP contribution in [-0.4, -0.2) is 32.1 Å². The zero-order valence-electron chi connectivity index (χ0n) is 16.2. The predicted octanol–water partition coefficient (Wildman–Crippen LogP) is 2.95. The Morgan fingerprint density at radius 3 is 2.52 bits per heavy atom. The molecule has 144 valence electrons. The van der Waals surface area contributed by atoms with Crippen molar-refractivity contribution < 1.29 is 9.53 Å². The van der Waals surface area contributed by atoms with Crippen LogP contribution in [0.15, 0.2) is 53.5 Å². The van der Waals surface area contributed by atoms with E-state index in [9.17, 15) is 4.79 Å². The van der Waals surface area contributed by atoms with E-state index in [0.29, 0.717) is 6.54 Å². The van der Waals surface area contributed by atoms with E-state index in [1.165, 1.54) is 12.5 Å². The topological polar surface area (TPSA) is 74.8 Å². The Morgan fingerprint density at radius 1 is 1.07 bits per heavy atom. The number of benzene rings is 2. The molecule has 2 aromatic carbocycles. The average Bonchev–Trinajstić information content (AvgIpc) is 2.67. The molecule has 0 bridgehead atoms. The lowest BCUT2D eigenvalue weighted by atomic mass is 10.1. The SMILES string of the molecule is CCNC(=NCc1cccc(OC)c1)NCCc1ccc(NC(C)=O)cc1. The van der Waals surface area contributed by atoms with Crippen LogP contribution in [0.2, 0.25) is 0 Å². The minimum absolute atomic E-state index is 0.0630. The molecule has 0 atom stereocenters. The van der Waals surface area contributed by atoms with Crippen LogP contribution < -0.4 is 20.7 Å². The zero-order valence-corrected chi connectivity index (χ0v) is 16.2. The highest BCUT2D eigenvalue weighted by atomic mass is 16.5. The lowest BCUT2D eigenvalue weighted by Gasteiger charge is -2.12. The molecule has 0 spiro atoms. The Bertz CT molecular complexity index is 757. The maximum atomic E-state index is 11.1. The first-order valence-electron chi connectivity index (χ1n) is 9.12. The van der Waals surface area contributed by atoms with Crippen LogP contribution in [0.5, 0.6) is 5.75 Å². The van der Waals surface area contributed by atoms with Crippen molar-refractivity contribution in [3.05, 3.63) is 59.7 Å². The van der Waals surface area contributed by atoms with Crippen LogP contribution in [0.4, 0.5) is 5.69 Å². The highest BCUT2D eigenvalue weighted by Crippen LogP contribution is 2.13. The molecule has 6 nitrogen and oxygen atoms in total. The van der Waals surface area contributed by atoms with E-state index in [4.69, 9.17) is 4.74 Å². The summed E-state index contributed by atoms with van der Waals surface area (Å²) in [5, 5.41) is 9.38. The number of nitrogens with zero attached hydrogens (tertiary/aromatic N) is 1. The summed E-state index contributed by atoms with van der Waals surface area (Å²) in [6.45, 7) is 5.70. The molecule has 0 heterocycles. The molecule has 27 heavy (non-hydrogen) atoms. The molecule has 0 aliphatic rings. The summed E-state index contributed by atoms with van der Waals surface area (Å²) in [5.74, 6) is 1.56. The minimum atomic E-state index is -0.0630. The zero-order chi connectivity index (χ0) is 19.5. The molecule has 0 unspecified atom stereocenters. The number of hydrogen-bond acceptors (Lipinski definition) is 3. The van der Waals surface area contributed by atoms with Crippen molar-refractivity contribution in [1.82, 2.24) is 10.6 Å². The Morgan fingerprint density at radius 2 is 1.85 bits per heavy atom. The number of amides is 1. The summed E-state index contributed by atoms with van der Waals surface area (Å²) in [5.41, 5.74) is 3.10. The molecular weight excluding hydrogens is 340 g/mol. The van der Waals surface area contributed by atoms with E-state index >= 15 is 0 Å². The van der Waals surface area contributed by atoms with E-state index in [1.54, 1.807) is 7.11 Å². The first kappa shape index (κ1) is 20.3. The van der Waals surface area contributed by atoms with E-state index in [2.05, 4.69) is 20.9 Å². The predicted molar refractivity (Wildman–Crippen MR) is 110 cm³/mol. The van der Waals surface area contributed by atoms with Crippen molar-refractivity contribution in [1.29, 1.82) is 0 Å². The second-order valence-electron chi connectivity index (χ2n) is 6.10. The number of guanidine groups is 1. The molecule has 2 rings (SSSR count). The van der Waals surface area contributed by atoms with Crippen molar-refractivity contribution in [3.63, 3.8) is 0 Å². The van der Waals surface area contributed by atoms with Crippen molar-refractivity contribution in [2.75, 3.05) is 25.5 Å². The molecule has 0 saturated heterocycles. The van der Waals surface area contributed by atoms with Gasteiger partial charge in [0.1, 0.15) is 5.75 Å². The molecule has 2 aromatic rings. The minimum Gasteiger partial charge on any atom is -0.497 e. The van der Waals surface area contributed by atoms with Gasteiger partial charge in [-0.2, -0.15) is 0 Å². The van der Waals surface area contributed by atoms with Gasteiger partial charge in [-0.1, -0.05) is 24.3 Å². The number of hydrogen-bond donors (Lipinski definition) is 3. The number of carbonyl (C=O) groups excluding carboxylic acids is 1. The van der Waals surface area contributed by atoms with Crippen molar-refractivity contribution in [3.8, 4) is 5.75 Å². The monoisotopic (exact) mass is 368 g/mol. The quantitative estimate of drug-likeness (QED) is 0.495. The first-order valence-corrected chi connectivity index (χ1v) is 9.12. The van der Waals surface area contributed by atoms with Gasteiger partial charge in [-0.05, 0) is 48.7 Å². The molecule has 0 saturated carbocycles. The van der Waals surface area contributed by atoms with Gasteiger partial charge in [0, 0.05) is 25.7 Å². The second-order valence-corrected chi connectivity index (χ2v) is 6.10. The Balaban J connectivity index is 1.87. The van der Waals surface area contributed by atoms with Crippen LogP contribution in [-0.2, 0) is 17.8 Å². The number of nitrogens with one attached hydrogen (secondary N) is 3. The smallest absolute Gasteiger partial charge is 0.221 e. The van der Waals surface area contributed by atoms with Crippen LogP contribution in [0.1, 0.15) is 25.0 Å². The van der Waals surface area contributed by atoms with Gasteiger partial charge >= 0.3 is 0 Å². The fourth-order valence-corrected chi connectivity index (χ4v) is 2.57. The van der Waals surface area contributed by atoms with E-state index in [1.807, 2.05) is 55.5 Å². The summed E-state index contributed by atoms with van der Waals surface area (Å²) in [6.07, 6.45) is 0.865. The normalized spacial score (nSPS) is 11.0. The number of carbonyl (C=O) groups is 1. The lowest BCUT2D eigenvalue weighted by Crippen LogP contribution is -2.38. The number of anilines is 1. The summed E-state index contributed by atoms with van der Waals surface area (Å²) in [6, 6.07) is 15.8. The third-order valence-electron chi connectivity index (χ3n) is 3.88. The largest absolute Gasteiger partial charge is 0.497 e. The van der Waals surface area contributed by atoms with Gasteiger partial charge < -0.3 is 20.7 Å². The standard InChI is InChI=1S/C21H28N4O2/c1-4-22-21(24-15-18-6-5-7-20(14-18)27-3)23-13-12-17-8-10-19(11-9-17)25-16(2)26/h5-11,14H,4,12-13,15H2,1-3H3,(H,25,26)(H2,22,23,24). The van der Waals surface area contributed by atoms with E-state index in [-0.39, 0.29) is 5.91 Å². The average molecular weight is 368 g/mol. The summed E-state index contributed by atoms with van der Waals surface area (Å²) < 4.78 is 5.25. The molecule has 0 radical (unpaired) electrons. The number of aliphatic imine (C=N–C) groups is 1. The van der Waals surface area contributed by atoms with Gasteiger partial charge in [0.15, 0.2) is 5.96 Å². The highest BCUT2D eigenvalue weighted by Gasteiger charge is 2.01. The maximum absolute atomic E-state index is 11.1. The fourth-order valence-electron chi connectivity index (χ4n) is 2.57. The molecule has 0 aliphatic heterocycles. The summed E-state index contributed by atoms with van der Waals surface area (Å²) >= 11 is 0. The maximum Gasteiger partial charge on any atom is 0.221 e. The molecule has 3 N–H and O–H groups in total. The molecule has 0 aliphatic carbocycles. The Hall–Kier alpha value is -3.02. The lowest BCUT2D eigenvalue weighted by molar-refractivity contribution is -0.114. The summed E-state index contributed by atoms with van der Waals surface area (Å²) in [4.78, 5) is 15.7. The fraction of sp³-hybridized carbons (Fsp3) is 0.333. The van der Waals surface area contributed by atoms with Crippen molar-refractivity contribution in [2.45, 2.75) is 26.8 Å². The molecule has 0 aromatic heterocycles. The van der Waals surface area contributed by atoms with Gasteiger partial charge in [-0.15, -0.1) is 0 Å². The molecule has 6 heteroatoms. The van der Waals surface area contributed by atoms with Crippen LogP contribution in [0.3, 0.4) is 0 Å². The number of ether oxygens (including phenoxy) is 1. The third kappa shape index (κ3) is 7.40. The summed E-state index contributed by atoms with van der Waals surface area (Å²) in [7, 11) is 1.66. The van der Waals surface area contributed by atoms with Gasteiger partial charge in [-0.3, -0.25) is 4.79 Å². The number of methoxy groups -OCH3 is 1. The van der Waals surface area contributed by atoms with Gasteiger partial charge in [0.05, 0.1) is 13.7 Å². The highest BCUT2D eigenvalue weighted by molar-refractivity contribution is 5.88.